The summed E-state index contributed by atoms with van der Waals surface area (Å²) in [6.45, 7) is 4.84. The molecule has 1 heterocycles. The van der Waals surface area contributed by atoms with Crippen molar-refractivity contribution >= 4 is 11.5 Å². The number of carbonyl (C=O) groups excluding carboxylic acids is 1. The molecule has 0 saturated carbocycles. The van der Waals surface area contributed by atoms with Gasteiger partial charge in [0.05, 0.1) is 27.4 Å². The van der Waals surface area contributed by atoms with Crippen LogP contribution < -0.4 is 4.90 Å². The van der Waals surface area contributed by atoms with E-state index in [-0.39, 0.29) is 5.78 Å². The zero-order valence-electron chi connectivity index (χ0n) is 17.5. The van der Waals surface area contributed by atoms with Gasteiger partial charge in [-0.05, 0) is 24.1 Å². The summed E-state index contributed by atoms with van der Waals surface area (Å²) in [6.07, 6.45) is 1.00. The number of nitrogens with zero attached hydrogens (tertiary/aromatic N) is 2. The SMILES string of the molecule is CCC(Cc1ccccc1)(C(=O)c1ccccc1N1CCOCC1)N(OC)OC. The van der Waals surface area contributed by atoms with Gasteiger partial charge in [-0.25, -0.2) is 0 Å². The van der Waals surface area contributed by atoms with E-state index >= 15 is 0 Å². The maximum atomic E-state index is 14.1. The molecule has 3 rings (SSSR count). The van der Waals surface area contributed by atoms with Gasteiger partial charge in [0.25, 0.3) is 0 Å². The van der Waals surface area contributed by atoms with Crippen LogP contribution in [0.2, 0.25) is 0 Å². The molecule has 0 aromatic heterocycles. The second-order valence-electron chi connectivity index (χ2n) is 7.12. The molecule has 1 atom stereocenters. The highest BCUT2D eigenvalue weighted by Gasteiger charge is 2.46. The van der Waals surface area contributed by atoms with E-state index in [9.17, 15) is 4.79 Å². The molecule has 6 nitrogen and oxygen atoms in total. The number of ether oxygens (including phenoxy) is 1. The van der Waals surface area contributed by atoms with Crippen molar-refractivity contribution < 1.29 is 19.2 Å². The van der Waals surface area contributed by atoms with Crippen LogP contribution in [0.4, 0.5) is 5.69 Å². The maximum Gasteiger partial charge on any atom is 0.190 e. The van der Waals surface area contributed by atoms with E-state index in [0.717, 1.165) is 24.3 Å². The number of morpholine rings is 1. The van der Waals surface area contributed by atoms with Gasteiger partial charge in [0, 0.05) is 30.8 Å². The van der Waals surface area contributed by atoms with Crippen molar-refractivity contribution in [1.29, 1.82) is 0 Å². The van der Waals surface area contributed by atoms with Gasteiger partial charge in [0.1, 0.15) is 5.54 Å². The average molecular weight is 399 g/mol. The lowest BCUT2D eigenvalue weighted by molar-refractivity contribution is -0.380. The Kier molecular flexibility index (Phi) is 7.39. The van der Waals surface area contributed by atoms with E-state index in [1.807, 2.05) is 61.5 Å². The number of benzene rings is 2. The Bertz CT molecular complexity index is 788. The average Bonchev–Trinajstić information content (AvgIpc) is 2.80. The monoisotopic (exact) mass is 398 g/mol. The maximum absolute atomic E-state index is 14.1. The first-order valence-electron chi connectivity index (χ1n) is 10.0. The van der Waals surface area contributed by atoms with Crippen molar-refractivity contribution in [3.8, 4) is 0 Å². The van der Waals surface area contributed by atoms with Gasteiger partial charge in [0.2, 0.25) is 0 Å². The molecule has 0 N–H and O–H groups in total. The van der Waals surface area contributed by atoms with Gasteiger partial charge in [-0.1, -0.05) is 54.6 Å². The largest absolute Gasteiger partial charge is 0.378 e. The van der Waals surface area contributed by atoms with E-state index in [1.54, 1.807) is 0 Å². The van der Waals surface area contributed by atoms with E-state index in [0.29, 0.717) is 31.6 Å². The molecule has 0 bridgehead atoms. The highest BCUT2D eigenvalue weighted by Crippen LogP contribution is 2.33. The van der Waals surface area contributed by atoms with E-state index < -0.39 is 5.54 Å². The number of hydrogen-bond donors (Lipinski definition) is 0. The van der Waals surface area contributed by atoms with Gasteiger partial charge in [0.15, 0.2) is 5.78 Å². The normalized spacial score (nSPS) is 16.6. The van der Waals surface area contributed by atoms with Crippen molar-refractivity contribution in [2.75, 3.05) is 45.4 Å². The molecule has 0 radical (unpaired) electrons. The first kappa shape index (κ1) is 21.5. The molecule has 2 aromatic carbocycles. The van der Waals surface area contributed by atoms with Gasteiger partial charge in [-0.15, -0.1) is 0 Å². The number of rotatable bonds is 9. The molecule has 29 heavy (non-hydrogen) atoms. The van der Waals surface area contributed by atoms with E-state index in [4.69, 9.17) is 14.4 Å². The lowest BCUT2D eigenvalue weighted by Crippen LogP contribution is -2.55. The highest BCUT2D eigenvalue weighted by molar-refractivity contribution is 6.07. The van der Waals surface area contributed by atoms with E-state index in [2.05, 4.69) is 4.90 Å². The van der Waals surface area contributed by atoms with Gasteiger partial charge in [-0.2, -0.15) is 0 Å². The van der Waals surface area contributed by atoms with Gasteiger partial charge < -0.3 is 9.64 Å². The van der Waals surface area contributed by atoms with E-state index in [1.165, 1.54) is 19.4 Å². The molecule has 6 heteroatoms. The lowest BCUT2D eigenvalue weighted by Gasteiger charge is -2.39. The molecule has 0 aliphatic carbocycles. The Balaban J connectivity index is 2.05. The van der Waals surface area contributed by atoms with Crippen LogP contribution in [0.1, 0.15) is 29.3 Å². The minimum absolute atomic E-state index is 0.0188. The second-order valence-corrected chi connectivity index (χ2v) is 7.12. The summed E-state index contributed by atoms with van der Waals surface area (Å²) in [5.41, 5.74) is 1.66. The van der Waals surface area contributed by atoms with Crippen LogP contribution in [0.5, 0.6) is 0 Å². The number of ketones is 1. The Hall–Kier alpha value is -2.25. The summed E-state index contributed by atoms with van der Waals surface area (Å²) >= 11 is 0. The van der Waals surface area contributed by atoms with Gasteiger partial charge >= 0.3 is 0 Å². The summed E-state index contributed by atoms with van der Waals surface area (Å²) in [7, 11) is 3.06. The fourth-order valence-electron chi connectivity index (χ4n) is 4.00. The summed E-state index contributed by atoms with van der Waals surface area (Å²) in [6, 6.07) is 17.7. The van der Waals surface area contributed by atoms with Crippen molar-refractivity contribution in [2.45, 2.75) is 25.3 Å². The van der Waals surface area contributed by atoms with Crippen molar-refractivity contribution in [3.63, 3.8) is 0 Å². The third kappa shape index (κ3) is 4.51. The molecular formula is C23H30N2O4. The van der Waals surface area contributed by atoms with Crippen LogP contribution in [0.15, 0.2) is 54.6 Å². The fraction of sp³-hybridized carbons (Fsp3) is 0.435. The van der Waals surface area contributed by atoms with Crippen LogP contribution in [0, 0.1) is 0 Å². The molecule has 1 aliphatic rings. The number of hydrogen-bond acceptors (Lipinski definition) is 6. The van der Waals surface area contributed by atoms with Gasteiger partial charge in [-0.3, -0.25) is 14.5 Å². The predicted octanol–water partition coefficient (Wildman–Crippen LogP) is 3.52. The van der Waals surface area contributed by atoms with Crippen LogP contribution in [-0.4, -0.2) is 57.1 Å². The van der Waals surface area contributed by atoms with Crippen LogP contribution in [0.3, 0.4) is 0 Å². The summed E-state index contributed by atoms with van der Waals surface area (Å²) < 4.78 is 5.49. The zero-order chi connectivity index (χ0) is 20.7. The summed E-state index contributed by atoms with van der Waals surface area (Å²) in [4.78, 5) is 27.3. The molecule has 156 valence electrons. The Labute approximate surface area is 172 Å². The standard InChI is InChI=1S/C23H30N2O4/c1-4-23(25(27-2)28-3,18-19-10-6-5-7-11-19)22(26)20-12-8-9-13-21(20)24-14-16-29-17-15-24/h5-13H,4,14-18H2,1-3H3. The minimum Gasteiger partial charge on any atom is -0.378 e. The van der Waals surface area contributed by atoms with Crippen molar-refractivity contribution in [2.24, 2.45) is 0 Å². The van der Waals surface area contributed by atoms with Crippen LogP contribution in [-0.2, 0) is 20.8 Å². The van der Waals surface area contributed by atoms with Crippen LogP contribution >= 0.6 is 0 Å². The number of carbonyl (C=O) groups is 1. The highest BCUT2D eigenvalue weighted by atomic mass is 16.9. The number of Topliss-reactive ketones (excluding diaryl/α,β-unsaturated/α-hetero) is 1. The third-order valence-electron chi connectivity index (χ3n) is 5.53. The Morgan fingerprint density at radius 2 is 1.66 bits per heavy atom. The molecule has 1 aliphatic heterocycles. The molecule has 0 spiro atoms. The number of hydroxylamine groups is 2. The first-order valence-corrected chi connectivity index (χ1v) is 10.0. The topological polar surface area (TPSA) is 51.2 Å². The van der Waals surface area contributed by atoms with Crippen molar-refractivity contribution in [3.05, 3.63) is 65.7 Å². The zero-order valence-corrected chi connectivity index (χ0v) is 17.5. The lowest BCUT2D eigenvalue weighted by atomic mass is 9.81. The third-order valence-corrected chi connectivity index (χ3v) is 5.53. The Morgan fingerprint density at radius 1 is 1.03 bits per heavy atom. The first-order chi connectivity index (χ1) is 14.2. The molecule has 1 unspecified atom stereocenters. The minimum atomic E-state index is -0.993. The summed E-state index contributed by atoms with van der Waals surface area (Å²) in [5.74, 6) is -0.0188. The van der Waals surface area contributed by atoms with Crippen molar-refractivity contribution in [1.82, 2.24) is 5.23 Å². The smallest absolute Gasteiger partial charge is 0.190 e. The predicted molar refractivity (Wildman–Crippen MR) is 113 cm³/mol. The number of para-hydroxylation sites is 1. The molecule has 2 aromatic rings. The second kappa shape index (κ2) is 9.98. The van der Waals surface area contributed by atoms with Crippen LogP contribution in [0.25, 0.3) is 0 Å². The molecular weight excluding hydrogens is 368 g/mol. The molecule has 0 amide bonds. The summed E-state index contributed by atoms with van der Waals surface area (Å²) in [5, 5.41) is 1.35. The Morgan fingerprint density at radius 3 is 2.28 bits per heavy atom. The molecule has 1 saturated heterocycles. The number of anilines is 1. The quantitative estimate of drug-likeness (QED) is 0.476. The fourth-order valence-corrected chi connectivity index (χ4v) is 4.00. The molecule has 1 fully saturated rings.